The molecule has 1 aromatic heterocycles. The Balaban J connectivity index is 1.44. The Morgan fingerprint density at radius 1 is 1.17 bits per heavy atom. The van der Waals surface area contributed by atoms with Crippen LogP contribution in [-0.2, 0) is 6.18 Å². The van der Waals surface area contributed by atoms with Gasteiger partial charge in [-0.2, -0.15) is 13.2 Å². The second-order valence-corrected chi connectivity index (χ2v) is 10.1. The third-order valence-electron chi connectivity index (χ3n) is 6.63. The van der Waals surface area contributed by atoms with Crippen LogP contribution in [0.1, 0.15) is 60.1 Å². The zero-order valence-electron chi connectivity index (χ0n) is 19.9. The SMILES string of the molecule is CCC(C)CN1CCC(c2nc(C(=O)Nc3ccccc3-c3cccc(C(F)(F)F)c3)cs2)CC1. The van der Waals surface area contributed by atoms with Gasteiger partial charge in [0.15, 0.2) is 0 Å². The van der Waals surface area contributed by atoms with Crippen LogP contribution in [0.3, 0.4) is 0 Å². The summed E-state index contributed by atoms with van der Waals surface area (Å²) >= 11 is 1.50. The first-order valence-electron chi connectivity index (χ1n) is 12.0. The number of piperidine rings is 1. The largest absolute Gasteiger partial charge is 0.416 e. The highest BCUT2D eigenvalue weighted by Gasteiger charge is 2.30. The summed E-state index contributed by atoms with van der Waals surface area (Å²) in [6.07, 6.45) is -1.19. The molecule has 4 rings (SSSR count). The molecule has 0 saturated carbocycles. The summed E-state index contributed by atoms with van der Waals surface area (Å²) in [4.78, 5) is 20.1. The number of halogens is 3. The lowest BCUT2D eigenvalue weighted by atomic mass is 9.96. The molecule has 1 amide bonds. The van der Waals surface area contributed by atoms with E-state index in [0.717, 1.165) is 49.6 Å². The predicted octanol–water partition coefficient (Wildman–Crippen LogP) is 7.31. The maximum absolute atomic E-state index is 13.2. The Morgan fingerprint density at radius 3 is 2.63 bits per heavy atom. The van der Waals surface area contributed by atoms with E-state index in [1.54, 1.807) is 35.7 Å². The summed E-state index contributed by atoms with van der Waals surface area (Å²) in [5.74, 6) is 0.689. The van der Waals surface area contributed by atoms with Crippen LogP contribution in [-0.4, -0.2) is 35.4 Å². The smallest absolute Gasteiger partial charge is 0.320 e. The number of carbonyl (C=O) groups is 1. The molecule has 1 aliphatic rings. The molecule has 1 atom stereocenters. The maximum Gasteiger partial charge on any atom is 0.416 e. The van der Waals surface area contributed by atoms with Crippen molar-refractivity contribution in [1.29, 1.82) is 0 Å². The molecule has 1 N–H and O–H groups in total. The van der Waals surface area contributed by atoms with Gasteiger partial charge in [-0.3, -0.25) is 4.79 Å². The van der Waals surface area contributed by atoms with Gasteiger partial charge in [0.2, 0.25) is 0 Å². The first-order valence-corrected chi connectivity index (χ1v) is 12.9. The molecule has 1 unspecified atom stereocenters. The fourth-order valence-corrected chi connectivity index (χ4v) is 5.38. The van der Waals surface area contributed by atoms with E-state index in [4.69, 9.17) is 0 Å². The first kappa shape index (κ1) is 25.4. The van der Waals surface area contributed by atoms with Gasteiger partial charge < -0.3 is 10.2 Å². The molecule has 2 aromatic carbocycles. The highest BCUT2D eigenvalue weighted by molar-refractivity contribution is 7.10. The lowest BCUT2D eigenvalue weighted by Gasteiger charge is -2.32. The van der Waals surface area contributed by atoms with Crippen molar-refractivity contribution in [2.45, 2.75) is 45.2 Å². The summed E-state index contributed by atoms with van der Waals surface area (Å²) in [6.45, 7) is 7.71. The van der Waals surface area contributed by atoms with Crippen LogP contribution in [0, 0.1) is 5.92 Å². The van der Waals surface area contributed by atoms with Gasteiger partial charge in [0, 0.05) is 29.1 Å². The molecule has 0 spiro atoms. The van der Waals surface area contributed by atoms with Crippen LogP contribution in [0.4, 0.5) is 18.9 Å². The molecular formula is C27H30F3N3OS. The molecule has 3 aromatic rings. The monoisotopic (exact) mass is 501 g/mol. The molecule has 0 radical (unpaired) electrons. The van der Waals surface area contributed by atoms with E-state index < -0.39 is 11.7 Å². The standard InChI is InChI=1S/C27H30F3N3OS/c1-3-18(2)16-33-13-11-19(12-14-33)26-32-24(17-35-26)25(34)31-23-10-5-4-9-22(23)20-7-6-8-21(15-20)27(28,29)30/h4-10,15,17-19H,3,11-14,16H2,1-2H3,(H,31,34). The number of nitrogens with one attached hydrogen (secondary N) is 1. The zero-order valence-corrected chi connectivity index (χ0v) is 20.8. The minimum atomic E-state index is -4.43. The summed E-state index contributed by atoms with van der Waals surface area (Å²) in [5.41, 5.74) is 0.973. The number of anilines is 1. The number of likely N-dealkylation sites (tertiary alicyclic amines) is 1. The Labute approximate surface area is 208 Å². The van der Waals surface area contributed by atoms with Crippen LogP contribution >= 0.6 is 11.3 Å². The number of nitrogens with zero attached hydrogens (tertiary/aromatic N) is 2. The van der Waals surface area contributed by atoms with Gasteiger partial charge in [0.05, 0.1) is 10.6 Å². The third-order valence-corrected chi connectivity index (χ3v) is 7.64. The molecule has 0 bridgehead atoms. The van der Waals surface area contributed by atoms with Gasteiger partial charge >= 0.3 is 6.18 Å². The number of hydrogen-bond acceptors (Lipinski definition) is 4. The zero-order chi connectivity index (χ0) is 25.0. The molecule has 8 heteroatoms. The van der Waals surface area contributed by atoms with Gasteiger partial charge in [-0.15, -0.1) is 11.3 Å². The highest BCUT2D eigenvalue weighted by atomic mass is 32.1. The quantitative estimate of drug-likeness (QED) is 0.369. The van der Waals surface area contributed by atoms with Crippen molar-refractivity contribution < 1.29 is 18.0 Å². The summed E-state index contributed by atoms with van der Waals surface area (Å²) in [5, 5.41) is 5.59. The minimum Gasteiger partial charge on any atom is -0.320 e. The number of carbonyl (C=O) groups excluding carboxylic acids is 1. The molecule has 1 saturated heterocycles. The maximum atomic E-state index is 13.2. The number of para-hydroxylation sites is 1. The number of amides is 1. The van der Waals surface area contributed by atoms with E-state index >= 15 is 0 Å². The van der Waals surface area contributed by atoms with E-state index in [1.807, 2.05) is 0 Å². The Kier molecular flexibility index (Phi) is 7.91. The van der Waals surface area contributed by atoms with Crippen LogP contribution < -0.4 is 5.32 Å². The molecule has 1 fully saturated rings. The fraction of sp³-hybridized carbons (Fsp3) is 0.407. The minimum absolute atomic E-state index is 0.339. The van der Waals surface area contributed by atoms with Crippen LogP contribution in [0.5, 0.6) is 0 Å². The summed E-state index contributed by atoms with van der Waals surface area (Å²) in [6, 6.07) is 12.0. The van der Waals surface area contributed by atoms with Crippen molar-refractivity contribution in [3.8, 4) is 11.1 Å². The van der Waals surface area contributed by atoms with Crippen LogP contribution in [0.2, 0.25) is 0 Å². The molecular weight excluding hydrogens is 471 g/mol. The molecule has 186 valence electrons. The molecule has 4 nitrogen and oxygen atoms in total. The average molecular weight is 502 g/mol. The average Bonchev–Trinajstić information content (AvgIpc) is 3.35. The molecule has 2 heterocycles. The third kappa shape index (κ3) is 6.30. The topological polar surface area (TPSA) is 45.2 Å². The van der Waals surface area contributed by atoms with Gasteiger partial charge in [-0.1, -0.05) is 50.6 Å². The van der Waals surface area contributed by atoms with E-state index in [2.05, 4.69) is 29.0 Å². The van der Waals surface area contributed by atoms with E-state index in [9.17, 15) is 18.0 Å². The van der Waals surface area contributed by atoms with Crippen molar-refractivity contribution >= 4 is 22.9 Å². The second-order valence-electron chi connectivity index (χ2n) is 9.24. The Morgan fingerprint density at radius 2 is 1.91 bits per heavy atom. The highest BCUT2D eigenvalue weighted by Crippen LogP contribution is 2.35. The van der Waals surface area contributed by atoms with E-state index in [-0.39, 0.29) is 5.91 Å². The number of thiazole rings is 1. The van der Waals surface area contributed by atoms with Crippen molar-refractivity contribution in [2.24, 2.45) is 5.92 Å². The van der Waals surface area contributed by atoms with E-state index in [1.165, 1.54) is 23.8 Å². The number of aromatic nitrogens is 1. The lowest BCUT2D eigenvalue weighted by molar-refractivity contribution is -0.137. The van der Waals surface area contributed by atoms with Crippen molar-refractivity contribution in [1.82, 2.24) is 9.88 Å². The van der Waals surface area contributed by atoms with Gasteiger partial charge in [-0.25, -0.2) is 4.98 Å². The predicted molar refractivity (Wildman–Crippen MR) is 135 cm³/mol. The number of benzene rings is 2. The fourth-order valence-electron chi connectivity index (χ4n) is 4.41. The Hall–Kier alpha value is -2.71. The first-order chi connectivity index (χ1) is 16.7. The van der Waals surface area contributed by atoms with Crippen LogP contribution in [0.25, 0.3) is 11.1 Å². The van der Waals surface area contributed by atoms with Crippen molar-refractivity contribution in [2.75, 3.05) is 25.0 Å². The van der Waals surface area contributed by atoms with Gasteiger partial charge in [0.25, 0.3) is 5.91 Å². The summed E-state index contributed by atoms with van der Waals surface area (Å²) < 4.78 is 39.6. The van der Waals surface area contributed by atoms with Crippen LogP contribution in [0.15, 0.2) is 53.9 Å². The number of rotatable bonds is 7. The van der Waals surface area contributed by atoms with Crippen molar-refractivity contribution in [3.05, 3.63) is 70.2 Å². The van der Waals surface area contributed by atoms with E-state index in [0.29, 0.717) is 34.3 Å². The number of alkyl halides is 3. The van der Waals surface area contributed by atoms with Gasteiger partial charge in [0.1, 0.15) is 5.69 Å². The molecule has 0 aliphatic carbocycles. The Bertz CT molecular complexity index is 1150. The van der Waals surface area contributed by atoms with Crippen molar-refractivity contribution in [3.63, 3.8) is 0 Å². The lowest BCUT2D eigenvalue weighted by Crippen LogP contribution is -2.35. The van der Waals surface area contributed by atoms with Gasteiger partial charge in [-0.05, 0) is 55.6 Å². The summed E-state index contributed by atoms with van der Waals surface area (Å²) in [7, 11) is 0. The second kappa shape index (κ2) is 10.9. The number of hydrogen-bond donors (Lipinski definition) is 1. The molecule has 35 heavy (non-hydrogen) atoms. The normalized spacial score (nSPS) is 16.3. The molecule has 1 aliphatic heterocycles.